The zero-order valence-corrected chi connectivity index (χ0v) is 20.7. The van der Waals surface area contributed by atoms with E-state index in [9.17, 15) is 25.9 Å². The molecule has 2 rings (SSSR count). The molecule has 2 N–H and O–H groups in total. The average Bonchev–Trinajstić information content (AvgIpc) is 2.75. The maximum atomic E-state index is 11.5. The predicted octanol–water partition coefficient (Wildman–Crippen LogP) is 6.44. The van der Waals surface area contributed by atoms with E-state index in [-0.39, 0.29) is 5.75 Å². The van der Waals surface area contributed by atoms with Crippen molar-refractivity contribution in [3.8, 4) is 11.5 Å². The lowest BCUT2D eigenvalue weighted by molar-refractivity contribution is 0.459. The van der Waals surface area contributed by atoms with Gasteiger partial charge in [0.2, 0.25) is 0 Å². The molecule has 0 radical (unpaired) electrons. The summed E-state index contributed by atoms with van der Waals surface area (Å²) in [5.41, 5.74) is 1.17. The molecule has 0 saturated carbocycles. The Morgan fingerprint density at radius 2 is 1.12 bits per heavy atom. The van der Waals surface area contributed by atoms with Gasteiger partial charge in [-0.25, -0.2) is 0 Å². The van der Waals surface area contributed by atoms with Crippen LogP contribution in [0.2, 0.25) is 0 Å². The third-order valence-corrected chi connectivity index (χ3v) is 7.38. The van der Waals surface area contributed by atoms with Crippen molar-refractivity contribution in [2.45, 2.75) is 87.3 Å². The summed E-state index contributed by atoms with van der Waals surface area (Å²) >= 11 is 0. The smallest absolute Gasteiger partial charge is 0.296 e. The highest BCUT2D eigenvalue weighted by Crippen LogP contribution is 2.29. The third kappa shape index (κ3) is 9.83. The number of aryl methyl sites for hydroxylation is 1. The Morgan fingerprint density at radius 3 is 1.64 bits per heavy atom. The summed E-state index contributed by atoms with van der Waals surface area (Å²) in [5.74, 6) is 0.445. The lowest BCUT2D eigenvalue weighted by atomic mass is 10.0. The van der Waals surface area contributed by atoms with Crippen molar-refractivity contribution in [3.05, 3.63) is 48.0 Å². The van der Waals surface area contributed by atoms with Crippen LogP contribution in [0.5, 0.6) is 11.5 Å². The molecular formula is C24H34O7S2. The summed E-state index contributed by atoms with van der Waals surface area (Å²) in [4.78, 5) is -1.86. The molecule has 0 amide bonds. The molecule has 0 spiro atoms. The van der Waals surface area contributed by atoms with Crippen LogP contribution in [0, 0.1) is 0 Å². The second kappa shape index (κ2) is 13.1. The lowest BCUT2D eigenvalue weighted by Crippen LogP contribution is -2.08. The maximum absolute atomic E-state index is 11.5. The lowest BCUT2D eigenvalue weighted by Gasteiger charge is -2.10. The van der Waals surface area contributed by atoms with Gasteiger partial charge < -0.3 is 4.74 Å². The van der Waals surface area contributed by atoms with Crippen molar-refractivity contribution in [2.24, 2.45) is 0 Å². The number of hydrogen-bond donors (Lipinski definition) is 2. The Hall–Kier alpha value is -1.94. The van der Waals surface area contributed by atoms with E-state index in [0.717, 1.165) is 25.0 Å². The Labute approximate surface area is 197 Å². The van der Waals surface area contributed by atoms with E-state index >= 15 is 0 Å². The first-order valence-corrected chi connectivity index (χ1v) is 14.3. The van der Waals surface area contributed by atoms with E-state index in [4.69, 9.17) is 4.74 Å². The van der Waals surface area contributed by atoms with Crippen molar-refractivity contribution >= 4 is 20.2 Å². The van der Waals surface area contributed by atoms with E-state index < -0.39 is 30.0 Å². The SMILES string of the molecule is CCCCCCCCCCCCc1ccc(Oc2ccc(S(=O)(=O)O)c(S(=O)(=O)O)c2)cc1. The highest BCUT2D eigenvalue weighted by molar-refractivity contribution is 7.89. The zero-order chi connectivity index (χ0) is 24.3. The molecule has 0 heterocycles. The van der Waals surface area contributed by atoms with Crippen molar-refractivity contribution in [3.63, 3.8) is 0 Å². The number of benzene rings is 2. The summed E-state index contributed by atoms with van der Waals surface area (Å²) < 4.78 is 69.8. The van der Waals surface area contributed by atoms with Gasteiger partial charge in [-0.15, -0.1) is 0 Å². The molecule has 0 aliphatic carbocycles. The second-order valence-electron chi connectivity index (χ2n) is 8.24. The van der Waals surface area contributed by atoms with Crippen molar-refractivity contribution in [1.29, 1.82) is 0 Å². The normalized spacial score (nSPS) is 12.1. The van der Waals surface area contributed by atoms with Gasteiger partial charge in [-0.1, -0.05) is 76.8 Å². The molecule has 2 aromatic rings. The first-order chi connectivity index (χ1) is 15.6. The van der Waals surface area contributed by atoms with E-state index in [1.165, 1.54) is 69.4 Å². The minimum atomic E-state index is -4.88. The van der Waals surface area contributed by atoms with Gasteiger partial charge in [0.1, 0.15) is 21.3 Å². The van der Waals surface area contributed by atoms with E-state index in [2.05, 4.69) is 6.92 Å². The van der Waals surface area contributed by atoms with Gasteiger partial charge in [0.05, 0.1) is 0 Å². The molecule has 0 aromatic heterocycles. The molecule has 7 nitrogen and oxygen atoms in total. The summed E-state index contributed by atoms with van der Waals surface area (Å²) in [6.07, 6.45) is 13.8. The van der Waals surface area contributed by atoms with Crippen LogP contribution in [0.1, 0.15) is 76.7 Å². The monoisotopic (exact) mass is 498 g/mol. The molecule has 2 aromatic carbocycles. The summed E-state index contributed by atoms with van der Waals surface area (Å²) in [6, 6.07) is 10.3. The van der Waals surface area contributed by atoms with E-state index in [0.29, 0.717) is 5.75 Å². The largest absolute Gasteiger partial charge is 0.457 e. The molecule has 0 aliphatic rings. The van der Waals surface area contributed by atoms with Crippen LogP contribution < -0.4 is 4.74 Å². The van der Waals surface area contributed by atoms with Gasteiger partial charge in [0.15, 0.2) is 0 Å². The first-order valence-electron chi connectivity index (χ1n) is 11.5. The van der Waals surface area contributed by atoms with Crippen LogP contribution in [0.4, 0.5) is 0 Å². The van der Waals surface area contributed by atoms with Gasteiger partial charge in [-0.3, -0.25) is 9.11 Å². The van der Waals surface area contributed by atoms with Crippen LogP contribution >= 0.6 is 0 Å². The minimum Gasteiger partial charge on any atom is -0.457 e. The number of unbranched alkanes of at least 4 members (excludes halogenated alkanes) is 9. The van der Waals surface area contributed by atoms with Gasteiger partial charge in [0, 0.05) is 6.07 Å². The fraction of sp³-hybridized carbons (Fsp3) is 0.500. The fourth-order valence-corrected chi connectivity index (χ4v) is 5.42. The second-order valence-corrected chi connectivity index (χ2v) is 11.0. The van der Waals surface area contributed by atoms with Crippen LogP contribution in [-0.2, 0) is 26.7 Å². The number of ether oxygens (including phenoxy) is 1. The molecule has 0 fully saturated rings. The van der Waals surface area contributed by atoms with Gasteiger partial charge in [-0.05, 0) is 42.7 Å². The Bertz CT molecular complexity index is 1080. The van der Waals surface area contributed by atoms with Crippen LogP contribution in [0.3, 0.4) is 0 Å². The maximum Gasteiger partial charge on any atom is 0.296 e. The Balaban J connectivity index is 1.83. The molecule has 33 heavy (non-hydrogen) atoms. The topological polar surface area (TPSA) is 118 Å². The molecule has 0 saturated heterocycles. The molecule has 0 aliphatic heterocycles. The number of rotatable bonds is 15. The molecule has 184 valence electrons. The summed E-state index contributed by atoms with van der Waals surface area (Å²) in [6.45, 7) is 2.23. The fourth-order valence-electron chi connectivity index (χ4n) is 3.64. The van der Waals surface area contributed by atoms with Gasteiger partial charge >= 0.3 is 0 Å². The molecular weight excluding hydrogens is 464 g/mol. The quantitative estimate of drug-likeness (QED) is 0.214. The van der Waals surface area contributed by atoms with Crippen LogP contribution in [0.15, 0.2) is 52.3 Å². The zero-order valence-electron chi connectivity index (χ0n) is 19.1. The van der Waals surface area contributed by atoms with Crippen molar-refractivity contribution in [2.75, 3.05) is 0 Å². The Kier molecular flexibility index (Phi) is 10.8. The Morgan fingerprint density at radius 1 is 0.636 bits per heavy atom. The van der Waals surface area contributed by atoms with E-state index in [1.54, 1.807) is 12.1 Å². The minimum absolute atomic E-state index is 0.0115. The van der Waals surface area contributed by atoms with Crippen LogP contribution in [-0.4, -0.2) is 25.9 Å². The molecule has 9 heteroatoms. The molecule has 0 unspecified atom stereocenters. The highest BCUT2D eigenvalue weighted by Gasteiger charge is 2.24. The highest BCUT2D eigenvalue weighted by atomic mass is 32.2. The summed E-state index contributed by atoms with van der Waals surface area (Å²) in [7, 11) is -9.71. The molecule has 0 bridgehead atoms. The number of hydrogen-bond acceptors (Lipinski definition) is 5. The van der Waals surface area contributed by atoms with Crippen LogP contribution in [0.25, 0.3) is 0 Å². The average molecular weight is 499 g/mol. The van der Waals surface area contributed by atoms with Crippen molar-refractivity contribution < 1.29 is 30.7 Å². The third-order valence-electron chi connectivity index (χ3n) is 5.45. The van der Waals surface area contributed by atoms with Crippen molar-refractivity contribution in [1.82, 2.24) is 0 Å². The summed E-state index contributed by atoms with van der Waals surface area (Å²) in [5, 5.41) is 0. The van der Waals surface area contributed by atoms with Gasteiger partial charge in [-0.2, -0.15) is 16.8 Å². The molecule has 0 atom stereocenters. The first kappa shape index (κ1) is 27.3. The van der Waals surface area contributed by atoms with Gasteiger partial charge in [0.25, 0.3) is 20.2 Å². The predicted molar refractivity (Wildman–Crippen MR) is 128 cm³/mol. The standard InChI is InChI=1S/C24H34O7S2/c1-2-3-4-5-6-7-8-9-10-11-12-20-13-15-21(16-14-20)31-22-17-18-23(32(25,26)27)24(19-22)33(28,29)30/h13-19H,2-12H2,1H3,(H,25,26,27)(H,28,29,30). The van der Waals surface area contributed by atoms with E-state index in [1.807, 2.05) is 12.1 Å².